The zero-order chi connectivity index (χ0) is 24.9. The highest BCUT2D eigenvalue weighted by molar-refractivity contribution is 6.20. The number of aromatic nitrogens is 2. The molecule has 1 unspecified atom stereocenters. The number of hydrogen-bond acceptors (Lipinski definition) is 5. The molecule has 1 saturated carbocycles. The van der Waals surface area contributed by atoms with E-state index < -0.39 is 5.66 Å². The van der Waals surface area contributed by atoms with Gasteiger partial charge in [-0.15, -0.1) is 11.6 Å². The predicted molar refractivity (Wildman–Crippen MR) is 130 cm³/mol. The monoisotopic (exact) mass is 506 g/mol. The molecule has 9 heteroatoms. The number of ether oxygens (including phenoxy) is 1. The van der Waals surface area contributed by atoms with Crippen molar-refractivity contribution in [3.8, 4) is 11.6 Å². The van der Waals surface area contributed by atoms with E-state index in [4.69, 9.17) is 16.3 Å². The van der Waals surface area contributed by atoms with Gasteiger partial charge in [0.05, 0.1) is 5.56 Å². The van der Waals surface area contributed by atoms with Crippen molar-refractivity contribution in [1.29, 1.82) is 0 Å². The molecule has 1 aliphatic carbocycles. The number of nitrogens with zero attached hydrogens (tertiary/aromatic N) is 4. The van der Waals surface area contributed by atoms with Crippen LogP contribution in [0.5, 0.6) is 11.6 Å². The summed E-state index contributed by atoms with van der Waals surface area (Å²) < 4.78 is 19.3. The Morgan fingerprint density at radius 2 is 1.83 bits per heavy atom. The van der Waals surface area contributed by atoms with Crippen LogP contribution in [0.3, 0.4) is 0 Å². The van der Waals surface area contributed by atoms with Crippen molar-refractivity contribution < 1.29 is 18.7 Å². The van der Waals surface area contributed by atoms with Gasteiger partial charge in [-0.3, -0.25) is 14.6 Å². The summed E-state index contributed by atoms with van der Waals surface area (Å²) in [7, 11) is 0. The maximum Gasteiger partial charge on any atom is 0.261 e. The lowest BCUT2D eigenvalue weighted by Gasteiger charge is -2.47. The van der Waals surface area contributed by atoms with E-state index in [0.717, 1.165) is 31.2 Å². The summed E-state index contributed by atoms with van der Waals surface area (Å²) >= 11 is 6.44. The second-order valence-electron chi connectivity index (χ2n) is 9.42. The first-order valence-electron chi connectivity index (χ1n) is 12.1. The van der Waals surface area contributed by atoms with Crippen LogP contribution in [-0.4, -0.2) is 50.0 Å². The summed E-state index contributed by atoms with van der Waals surface area (Å²) in [4.78, 5) is 40.0. The van der Waals surface area contributed by atoms with E-state index in [1.165, 1.54) is 24.3 Å². The molecule has 2 aromatic heterocycles. The number of rotatable bonds is 4. The third-order valence-electron chi connectivity index (χ3n) is 7.56. The van der Waals surface area contributed by atoms with Crippen molar-refractivity contribution in [3.05, 3.63) is 83.6 Å². The Bertz CT molecular complexity index is 1330. The smallest absolute Gasteiger partial charge is 0.261 e. The van der Waals surface area contributed by atoms with Crippen molar-refractivity contribution in [3.63, 3.8) is 0 Å². The average Bonchev–Trinajstić information content (AvgIpc) is 3.41. The van der Waals surface area contributed by atoms with E-state index in [1.807, 2.05) is 4.90 Å². The van der Waals surface area contributed by atoms with Crippen LogP contribution in [0.15, 0.2) is 61.1 Å². The summed E-state index contributed by atoms with van der Waals surface area (Å²) in [6.45, 7) is 0.805. The summed E-state index contributed by atoms with van der Waals surface area (Å²) in [6.07, 6.45) is 8.11. The molecular formula is C27H24ClFN4O3. The lowest BCUT2D eigenvalue weighted by molar-refractivity contribution is -0.0239. The number of hydrogen-bond donors (Lipinski definition) is 0. The normalized spacial score (nSPS) is 25.0. The van der Waals surface area contributed by atoms with Gasteiger partial charge in [-0.25, -0.2) is 9.37 Å². The maximum atomic E-state index is 14.2. The molecule has 3 aromatic rings. The number of pyridine rings is 2. The molecule has 3 aliphatic rings. The lowest BCUT2D eigenvalue weighted by atomic mass is 9.76. The van der Waals surface area contributed by atoms with Crippen LogP contribution >= 0.6 is 11.6 Å². The fourth-order valence-electron chi connectivity index (χ4n) is 6.02. The molecule has 0 N–H and O–H groups in total. The highest BCUT2D eigenvalue weighted by Crippen LogP contribution is 2.54. The minimum Gasteiger partial charge on any atom is -0.438 e. The van der Waals surface area contributed by atoms with Gasteiger partial charge in [0.1, 0.15) is 22.8 Å². The van der Waals surface area contributed by atoms with Crippen molar-refractivity contribution >= 4 is 23.4 Å². The summed E-state index contributed by atoms with van der Waals surface area (Å²) in [6, 6.07) is 10.6. The van der Waals surface area contributed by atoms with Crippen molar-refractivity contribution in [1.82, 2.24) is 19.8 Å². The Morgan fingerprint density at radius 1 is 1.06 bits per heavy atom. The van der Waals surface area contributed by atoms with Crippen LogP contribution in [0.4, 0.5) is 4.39 Å². The average molecular weight is 507 g/mol. The van der Waals surface area contributed by atoms with Crippen LogP contribution in [0.25, 0.3) is 0 Å². The number of carbonyl (C=O) groups excluding carboxylic acids is 2. The van der Waals surface area contributed by atoms with Crippen molar-refractivity contribution in [2.24, 2.45) is 5.92 Å². The first-order chi connectivity index (χ1) is 17.5. The van der Waals surface area contributed by atoms with Gasteiger partial charge in [-0.1, -0.05) is 0 Å². The summed E-state index contributed by atoms with van der Waals surface area (Å²) in [5.41, 5.74) is 0.699. The largest absolute Gasteiger partial charge is 0.438 e. The molecule has 0 radical (unpaired) electrons. The standard InChI is InChI=1S/C27H24ClFN4O3/c28-18-5-3-17(4-6-18)27-23-16-30-13-11-21(23)25(34)32(27)14-15-33(27)26(35)22-2-1-12-31-24(22)36-20-9-7-19(29)8-10-20/h1-2,7-13,16-18H,3-6,14-15H2. The van der Waals surface area contributed by atoms with E-state index in [0.29, 0.717) is 24.4 Å². The maximum absolute atomic E-state index is 14.2. The second kappa shape index (κ2) is 8.85. The lowest BCUT2D eigenvalue weighted by Crippen LogP contribution is -2.56. The van der Waals surface area contributed by atoms with Crippen LogP contribution in [0.2, 0.25) is 0 Å². The van der Waals surface area contributed by atoms with Crippen molar-refractivity contribution in [2.45, 2.75) is 36.7 Å². The Morgan fingerprint density at radius 3 is 2.61 bits per heavy atom. The fraction of sp³-hybridized carbons (Fsp3) is 0.333. The minimum atomic E-state index is -0.933. The summed E-state index contributed by atoms with van der Waals surface area (Å²) in [5.74, 6) is -0.226. The molecule has 4 heterocycles. The molecule has 1 atom stereocenters. The first-order valence-corrected chi connectivity index (χ1v) is 12.5. The van der Waals surface area contributed by atoms with Gasteiger partial charge in [0.15, 0.2) is 0 Å². The quantitative estimate of drug-likeness (QED) is 0.467. The number of amides is 2. The van der Waals surface area contributed by atoms with Gasteiger partial charge in [0.2, 0.25) is 5.88 Å². The molecule has 6 rings (SSSR count). The third kappa shape index (κ3) is 3.46. The Kier molecular flexibility index (Phi) is 5.63. The van der Waals surface area contributed by atoms with Crippen LogP contribution in [-0.2, 0) is 5.66 Å². The van der Waals surface area contributed by atoms with E-state index in [2.05, 4.69) is 9.97 Å². The summed E-state index contributed by atoms with van der Waals surface area (Å²) in [5, 5.41) is 0.0937. The van der Waals surface area contributed by atoms with Gasteiger partial charge in [-0.05, 0) is 68.1 Å². The molecule has 184 valence electrons. The predicted octanol–water partition coefficient (Wildman–Crippen LogP) is 4.97. The minimum absolute atomic E-state index is 0.0199. The van der Waals surface area contributed by atoms with E-state index in [1.54, 1.807) is 41.7 Å². The van der Waals surface area contributed by atoms with Crippen LogP contribution < -0.4 is 4.74 Å². The number of carbonyl (C=O) groups is 2. The van der Waals surface area contributed by atoms with E-state index >= 15 is 0 Å². The molecule has 0 bridgehead atoms. The molecule has 0 spiro atoms. The third-order valence-corrected chi connectivity index (χ3v) is 8.00. The zero-order valence-electron chi connectivity index (χ0n) is 19.4. The SMILES string of the molecule is O=C1c2ccncc2C2(C3CCC(Cl)CC3)N1CCN2C(=O)c1cccnc1Oc1ccc(F)cc1. The Labute approximate surface area is 212 Å². The van der Waals surface area contributed by atoms with Gasteiger partial charge < -0.3 is 14.5 Å². The van der Waals surface area contributed by atoms with E-state index in [-0.39, 0.29) is 40.4 Å². The highest BCUT2D eigenvalue weighted by Gasteiger charge is 2.62. The first kappa shape index (κ1) is 22.9. The molecule has 2 amide bonds. The Balaban J connectivity index is 1.43. The van der Waals surface area contributed by atoms with Gasteiger partial charge >= 0.3 is 0 Å². The topological polar surface area (TPSA) is 75.6 Å². The van der Waals surface area contributed by atoms with E-state index in [9.17, 15) is 14.0 Å². The number of alkyl halides is 1. The van der Waals surface area contributed by atoms with Crippen molar-refractivity contribution in [2.75, 3.05) is 13.1 Å². The van der Waals surface area contributed by atoms with Gasteiger partial charge in [0.25, 0.3) is 11.8 Å². The number of benzene rings is 1. The molecule has 36 heavy (non-hydrogen) atoms. The Hall–Kier alpha value is -3.52. The zero-order valence-corrected chi connectivity index (χ0v) is 20.2. The number of fused-ring (bicyclic) bond motifs is 3. The second-order valence-corrected chi connectivity index (χ2v) is 10.0. The van der Waals surface area contributed by atoms with Gasteiger partial charge in [0, 0.05) is 48.5 Å². The molecule has 2 fully saturated rings. The molecular weight excluding hydrogens is 483 g/mol. The fourth-order valence-corrected chi connectivity index (χ4v) is 6.27. The molecule has 1 saturated heterocycles. The highest BCUT2D eigenvalue weighted by atomic mass is 35.5. The van der Waals surface area contributed by atoms with Gasteiger partial charge in [-0.2, -0.15) is 0 Å². The van der Waals surface area contributed by atoms with Crippen LogP contribution in [0, 0.1) is 11.7 Å². The molecule has 2 aliphatic heterocycles. The molecule has 1 aromatic carbocycles. The number of halogens is 2. The molecule has 7 nitrogen and oxygen atoms in total. The van der Waals surface area contributed by atoms with Crippen LogP contribution in [0.1, 0.15) is 52.0 Å².